The topological polar surface area (TPSA) is 78.3 Å². The van der Waals surface area contributed by atoms with Gasteiger partial charge >= 0.3 is 5.97 Å². The van der Waals surface area contributed by atoms with Crippen LogP contribution in [0.5, 0.6) is 5.75 Å². The second-order valence-electron chi connectivity index (χ2n) is 11.4. The Morgan fingerprint density at radius 1 is 0.976 bits per heavy atom. The van der Waals surface area contributed by atoms with Crippen LogP contribution in [0.2, 0.25) is 0 Å². The normalized spacial score (nSPS) is 14.7. The van der Waals surface area contributed by atoms with Crippen molar-refractivity contribution in [2.75, 3.05) is 11.9 Å². The molecule has 1 unspecified atom stereocenters. The van der Waals surface area contributed by atoms with Crippen LogP contribution >= 0.6 is 11.8 Å². The number of carbonyl (C=O) groups excluding carboxylic acids is 1. The lowest BCUT2D eigenvalue weighted by atomic mass is 9.87. The molecule has 1 aliphatic heterocycles. The summed E-state index contributed by atoms with van der Waals surface area (Å²) in [7, 11) is 0. The molecule has 0 saturated carbocycles. The van der Waals surface area contributed by atoms with E-state index in [0.29, 0.717) is 35.6 Å². The number of fused-ring (bicyclic) bond motifs is 1. The molecule has 0 bridgehead atoms. The average molecular weight is 583 g/mol. The van der Waals surface area contributed by atoms with Crippen LogP contribution in [0, 0.1) is 0 Å². The second kappa shape index (κ2) is 12.9. The Labute approximate surface area is 252 Å². The zero-order valence-electron chi connectivity index (χ0n) is 24.9. The number of allylic oxidation sites excluding steroid dienone is 1. The van der Waals surface area contributed by atoms with Gasteiger partial charge in [0.15, 0.2) is 0 Å². The first kappa shape index (κ1) is 29.5. The molecule has 7 nitrogen and oxygen atoms in total. The molecular formula is C34H38N4O3S. The predicted octanol–water partition coefficient (Wildman–Crippen LogP) is 7.69. The van der Waals surface area contributed by atoms with Crippen LogP contribution in [0.25, 0.3) is 0 Å². The third-order valence-electron chi connectivity index (χ3n) is 7.12. The van der Waals surface area contributed by atoms with E-state index in [1.807, 2.05) is 56.3 Å². The molecule has 1 N–H and O–H groups in total. The number of hydrogen-bond donors (Lipinski definition) is 1. The smallest absolute Gasteiger partial charge is 0.338 e. The summed E-state index contributed by atoms with van der Waals surface area (Å²) in [6.07, 6.45) is 0.746. The number of nitrogens with zero attached hydrogens (tertiary/aromatic N) is 3. The fourth-order valence-corrected chi connectivity index (χ4v) is 5.56. The van der Waals surface area contributed by atoms with Gasteiger partial charge < -0.3 is 14.8 Å². The Balaban J connectivity index is 1.37. The van der Waals surface area contributed by atoms with Gasteiger partial charge in [-0.25, -0.2) is 9.48 Å². The maximum atomic E-state index is 13.3. The standard InChI is InChI=1S/C34H38N4O3S/c1-6-20-40-31(39)29-23(2)35-32-36-33(42-22-25-10-8-7-9-11-25)37-38(32)30(29)26-14-18-28(19-15-26)41-21-24-12-16-27(17-13-24)34(3,4)5/h7-19,30H,6,20-22H2,1-5H3,(H,35,36,37). The zero-order valence-corrected chi connectivity index (χ0v) is 25.7. The van der Waals surface area contributed by atoms with E-state index < -0.39 is 6.04 Å². The van der Waals surface area contributed by atoms with E-state index >= 15 is 0 Å². The minimum absolute atomic E-state index is 0.115. The first-order valence-electron chi connectivity index (χ1n) is 14.3. The Morgan fingerprint density at radius 2 is 1.69 bits per heavy atom. The van der Waals surface area contributed by atoms with Crippen molar-refractivity contribution in [3.63, 3.8) is 0 Å². The molecule has 2 heterocycles. The first-order valence-corrected chi connectivity index (χ1v) is 15.3. The summed E-state index contributed by atoms with van der Waals surface area (Å²) in [4.78, 5) is 18.0. The van der Waals surface area contributed by atoms with Gasteiger partial charge in [-0.2, -0.15) is 4.98 Å². The minimum atomic E-state index is -0.483. The molecule has 0 fully saturated rings. The molecule has 42 heavy (non-hydrogen) atoms. The summed E-state index contributed by atoms with van der Waals surface area (Å²) in [5.74, 6) is 1.74. The Kier molecular flexibility index (Phi) is 9.02. The van der Waals surface area contributed by atoms with E-state index in [9.17, 15) is 4.79 Å². The molecule has 1 atom stereocenters. The van der Waals surface area contributed by atoms with Crippen molar-refractivity contribution in [1.29, 1.82) is 0 Å². The van der Waals surface area contributed by atoms with Crippen LogP contribution in [-0.2, 0) is 27.3 Å². The third-order valence-corrected chi connectivity index (χ3v) is 8.03. The van der Waals surface area contributed by atoms with Crippen molar-refractivity contribution in [2.45, 2.75) is 70.0 Å². The van der Waals surface area contributed by atoms with Gasteiger partial charge in [-0.1, -0.05) is 106 Å². The van der Waals surface area contributed by atoms with Crippen LogP contribution in [0.15, 0.2) is 95.3 Å². The molecule has 3 aromatic carbocycles. The number of rotatable bonds is 10. The molecule has 5 rings (SSSR count). The highest BCUT2D eigenvalue weighted by Crippen LogP contribution is 2.37. The Morgan fingerprint density at radius 3 is 2.36 bits per heavy atom. The second-order valence-corrected chi connectivity index (χ2v) is 12.4. The molecule has 0 spiro atoms. The summed E-state index contributed by atoms with van der Waals surface area (Å²) < 4.78 is 13.5. The number of hydrogen-bond acceptors (Lipinski definition) is 7. The van der Waals surface area contributed by atoms with Gasteiger partial charge in [0, 0.05) is 11.4 Å². The highest BCUT2D eigenvalue weighted by molar-refractivity contribution is 7.98. The lowest BCUT2D eigenvalue weighted by Crippen LogP contribution is -2.29. The molecule has 0 radical (unpaired) electrons. The summed E-state index contributed by atoms with van der Waals surface area (Å²) in [6, 6.07) is 26.1. The van der Waals surface area contributed by atoms with Gasteiger partial charge in [0.1, 0.15) is 18.4 Å². The van der Waals surface area contributed by atoms with Crippen molar-refractivity contribution in [3.8, 4) is 5.75 Å². The molecule has 1 aliphatic rings. The van der Waals surface area contributed by atoms with Crippen molar-refractivity contribution in [2.24, 2.45) is 0 Å². The molecule has 218 valence electrons. The maximum absolute atomic E-state index is 13.3. The predicted molar refractivity (Wildman–Crippen MR) is 168 cm³/mol. The van der Waals surface area contributed by atoms with E-state index in [0.717, 1.165) is 29.1 Å². The molecule has 0 aliphatic carbocycles. The van der Waals surface area contributed by atoms with E-state index in [4.69, 9.17) is 19.6 Å². The van der Waals surface area contributed by atoms with Gasteiger partial charge in [-0.15, -0.1) is 5.10 Å². The van der Waals surface area contributed by atoms with Gasteiger partial charge in [0.25, 0.3) is 0 Å². The summed E-state index contributed by atoms with van der Waals surface area (Å²) >= 11 is 1.56. The number of esters is 1. The van der Waals surface area contributed by atoms with Crippen molar-refractivity contribution in [3.05, 3.63) is 112 Å². The summed E-state index contributed by atoms with van der Waals surface area (Å²) in [6.45, 7) is 11.3. The molecule has 8 heteroatoms. The quantitative estimate of drug-likeness (QED) is 0.152. The molecular weight excluding hydrogens is 544 g/mol. The third kappa shape index (κ3) is 6.87. The van der Waals surface area contributed by atoms with Gasteiger partial charge in [0.2, 0.25) is 11.1 Å². The number of anilines is 1. The van der Waals surface area contributed by atoms with Crippen LogP contribution in [0.4, 0.5) is 5.95 Å². The molecule has 1 aromatic heterocycles. The Hall–Kier alpha value is -4.04. The minimum Gasteiger partial charge on any atom is -0.489 e. The van der Waals surface area contributed by atoms with E-state index in [2.05, 4.69) is 62.5 Å². The highest BCUT2D eigenvalue weighted by atomic mass is 32.2. The Bertz CT molecular complexity index is 1540. The lowest BCUT2D eigenvalue weighted by Gasteiger charge is -2.28. The van der Waals surface area contributed by atoms with Crippen LogP contribution in [0.3, 0.4) is 0 Å². The van der Waals surface area contributed by atoms with Crippen molar-refractivity contribution < 1.29 is 14.3 Å². The lowest BCUT2D eigenvalue weighted by molar-refractivity contribution is -0.139. The number of ether oxygens (including phenoxy) is 2. The number of benzene rings is 3. The molecule has 0 amide bonds. The van der Waals surface area contributed by atoms with Gasteiger partial charge in [0.05, 0.1) is 12.2 Å². The highest BCUT2D eigenvalue weighted by Gasteiger charge is 2.35. The maximum Gasteiger partial charge on any atom is 0.338 e. The van der Waals surface area contributed by atoms with Crippen LogP contribution < -0.4 is 10.1 Å². The monoisotopic (exact) mass is 582 g/mol. The summed E-state index contributed by atoms with van der Waals surface area (Å²) in [5, 5.41) is 8.74. The summed E-state index contributed by atoms with van der Waals surface area (Å²) in [5.41, 5.74) is 5.84. The fraction of sp³-hybridized carbons (Fsp3) is 0.324. The zero-order chi connectivity index (χ0) is 29.7. The van der Waals surface area contributed by atoms with Crippen LogP contribution in [0.1, 0.15) is 69.3 Å². The van der Waals surface area contributed by atoms with E-state index in [1.165, 1.54) is 11.1 Å². The van der Waals surface area contributed by atoms with Crippen LogP contribution in [-0.4, -0.2) is 27.3 Å². The number of aromatic nitrogens is 3. The number of thioether (sulfide) groups is 1. The largest absolute Gasteiger partial charge is 0.489 e. The van der Waals surface area contributed by atoms with Crippen molar-refractivity contribution in [1.82, 2.24) is 14.8 Å². The average Bonchev–Trinajstić information content (AvgIpc) is 3.40. The van der Waals surface area contributed by atoms with Gasteiger partial charge in [-0.3, -0.25) is 0 Å². The SMILES string of the molecule is CCCOC(=O)C1=C(C)Nc2nc(SCc3ccccc3)nn2C1c1ccc(OCc2ccc(C(C)(C)C)cc2)cc1. The molecule has 4 aromatic rings. The molecule has 0 saturated heterocycles. The van der Waals surface area contributed by atoms with E-state index in [-0.39, 0.29) is 11.4 Å². The van der Waals surface area contributed by atoms with Gasteiger partial charge in [-0.05, 0) is 53.1 Å². The fourth-order valence-electron chi connectivity index (χ4n) is 4.77. The number of carbonyl (C=O) groups is 1. The van der Waals surface area contributed by atoms with Crippen molar-refractivity contribution >= 4 is 23.7 Å². The number of nitrogens with one attached hydrogen (secondary N) is 1. The van der Waals surface area contributed by atoms with E-state index in [1.54, 1.807) is 16.4 Å². The first-order chi connectivity index (χ1) is 20.2.